The summed E-state index contributed by atoms with van der Waals surface area (Å²) in [6.07, 6.45) is 1.68. The Morgan fingerprint density at radius 3 is 2.66 bits per heavy atom. The van der Waals surface area contributed by atoms with Crippen molar-refractivity contribution in [2.45, 2.75) is 25.8 Å². The summed E-state index contributed by atoms with van der Waals surface area (Å²) < 4.78 is 6.83. The van der Waals surface area contributed by atoms with E-state index in [1.54, 1.807) is 10.6 Å². The van der Waals surface area contributed by atoms with Crippen LogP contribution in [-0.2, 0) is 27.3 Å². The van der Waals surface area contributed by atoms with Crippen molar-refractivity contribution in [3.8, 4) is 0 Å². The fourth-order valence-corrected chi connectivity index (χ4v) is 3.94. The molecule has 0 atom stereocenters. The Morgan fingerprint density at radius 1 is 1.21 bits per heavy atom. The number of nitrogens with zero attached hydrogens (tertiary/aromatic N) is 3. The van der Waals surface area contributed by atoms with Crippen LogP contribution in [0.4, 0.5) is 5.69 Å². The highest BCUT2D eigenvalue weighted by Gasteiger charge is 2.15. The number of carbonyl (C=O) groups excluding carboxylic acids is 2. The molecule has 29 heavy (non-hydrogen) atoms. The molecule has 0 fully saturated rings. The fourth-order valence-electron chi connectivity index (χ4n) is 2.86. The van der Waals surface area contributed by atoms with E-state index < -0.39 is 10.9 Å². The predicted octanol–water partition coefficient (Wildman–Crippen LogP) is 3.23. The molecule has 1 aromatic heterocycles. The van der Waals surface area contributed by atoms with Crippen molar-refractivity contribution in [1.29, 1.82) is 0 Å². The van der Waals surface area contributed by atoms with Gasteiger partial charge in [-0.1, -0.05) is 41.7 Å². The number of nitro benzene ring substituents is 1. The standard InChI is InChI=1S/C20H19N3O5S/c1-28-19(25)13-22-16-11-10-15(23(26)27)12-17(16)29-20(22)21-18(24)9-5-8-14-6-3-2-4-7-14/h2-4,6-7,10-12H,5,8-9,13H2,1H3. The van der Waals surface area contributed by atoms with Crippen LogP contribution >= 0.6 is 11.3 Å². The Kier molecular flexibility index (Phi) is 6.50. The van der Waals surface area contributed by atoms with Gasteiger partial charge < -0.3 is 9.30 Å². The minimum atomic E-state index is -0.499. The van der Waals surface area contributed by atoms with Gasteiger partial charge in [0, 0.05) is 18.6 Å². The Balaban J connectivity index is 1.86. The number of hydrogen-bond donors (Lipinski definition) is 0. The third-order valence-corrected chi connectivity index (χ3v) is 5.35. The van der Waals surface area contributed by atoms with E-state index in [4.69, 9.17) is 4.74 Å². The zero-order chi connectivity index (χ0) is 20.8. The second kappa shape index (κ2) is 9.24. The van der Waals surface area contributed by atoms with E-state index in [1.165, 1.54) is 19.2 Å². The SMILES string of the molecule is COC(=O)Cn1c(=NC(=O)CCCc2ccccc2)sc2cc([N+](=O)[O-])ccc21. The summed E-state index contributed by atoms with van der Waals surface area (Å²) in [6, 6.07) is 14.2. The summed E-state index contributed by atoms with van der Waals surface area (Å²) in [5, 5.41) is 11.0. The van der Waals surface area contributed by atoms with Crippen LogP contribution in [0.25, 0.3) is 10.2 Å². The zero-order valence-electron chi connectivity index (χ0n) is 15.7. The number of aromatic nitrogens is 1. The van der Waals surface area contributed by atoms with Crippen molar-refractivity contribution in [2.75, 3.05) is 7.11 Å². The minimum Gasteiger partial charge on any atom is -0.468 e. The number of fused-ring (bicyclic) bond motifs is 1. The van der Waals surface area contributed by atoms with Crippen molar-refractivity contribution in [1.82, 2.24) is 4.57 Å². The molecule has 0 aliphatic rings. The normalized spacial score (nSPS) is 11.6. The highest BCUT2D eigenvalue weighted by Crippen LogP contribution is 2.23. The first-order valence-corrected chi connectivity index (χ1v) is 9.75. The number of non-ortho nitro benzene ring substituents is 1. The maximum absolute atomic E-state index is 12.4. The summed E-state index contributed by atoms with van der Waals surface area (Å²) in [5.41, 5.74) is 1.67. The molecule has 0 radical (unpaired) electrons. The number of nitro groups is 1. The van der Waals surface area contributed by atoms with Crippen LogP contribution in [0, 0.1) is 10.1 Å². The quantitative estimate of drug-likeness (QED) is 0.336. The van der Waals surface area contributed by atoms with Gasteiger partial charge in [-0.15, -0.1) is 0 Å². The molecule has 2 aromatic carbocycles. The highest BCUT2D eigenvalue weighted by molar-refractivity contribution is 7.16. The van der Waals surface area contributed by atoms with Gasteiger partial charge in [-0.05, 0) is 24.5 Å². The average molecular weight is 413 g/mol. The van der Waals surface area contributed by atoms with Crippen molar-refractivity contribution in [2.24, 2.45) is 4.99 Å². The van der Waals surface area contributed by atoms with Gasteiger partial charge in [0.1, 0.15) is 6.54 Å². The first kappa shape index (κ1) is 20.4. The molecule has 0 saturated heterocycles. The first-order chi connectivity index (χ1) is 14.0. The van der Waals surface area contributed by atoms with Gasteiger partial charge in [0.05, 0.1) is 22.2 Å². The van der Waals surface area contributed by atoms with Crippen molar-refractivity contribution >= 4 is 39.1 Å². The zero-order valence-corrected chi connectivity index (χ0v) is 16.6. The molecular weight excluding hydrogens is 394 g/mol. The van der Waals surface area contributed by atoms with Gasteiger partial charge in [-0.25, -0.2) is 0 Å². The molecule has 0 spiro atoms. The van der Waals surface area contributed by atoms with Crippen LogP contribution in [0.5, 0.6) is 0 Å². The first-order valence-electron chi connectivity index (χ1n) is 8.94. The third kappa shape index (κ3) is 5.14. The summed E-state index contributed by atoms with van der Waals surface area (Å²) in [4.78, 5) is 39.2. The predicted molar refractivity (Wildman–Crippen MR) is 108 cm³/mol. The van der Waals surface area contributed by atoms with Gasteiger partial charge in [-0.3, -0.25) is 19.7 Å². The lowest BCUT2D eigenvalue weighted by Crippen LogP contribution is -2.22. The van der Waals surface area contributed by atoms with Crippen molar-refractivity contribution in [3.63, 3.8) is 0 Å². The van der Waals surface area contributed by atoms with Gasteiger partial charge in [-0.2, -0.15) is 4.99 Å². The Hall–Kier alpha value is -3.33. The smallest absolute Gasteiger partial charge is 0.325 e. The molecule has 0 aliphatic carbocycles. The minimum absolute atomic E-state index is 0.0651. The molecular formula is C20H19N3O5S. The van der Waals surface area contributed by atoms with Gasteiger partial charge in [0.25, 0.3) is 5.69 Å². The molecule has 0 saturated carbocycles. The lowest BCUT2D eigenvalue weighted by atomic mass is 10.1. The van der Waals surface area contributed by atoms with E-state index in [9.17, 15) is 19.7 Å². The molecule has 0 unspecified atom stereocenters. The molecule has 0 bridgehead atoms. The number of ether oxygens (including phenoxy) is 1. The van der Waals surface area contributed by atoms with E-state index in [2.05, 4.69) is 4.99 Å². The molecule has 0 N–H and O–H groups in total. The largest absolute Gasteiger partial charge is 0.468 e. The van der Waals surface area contributed by atoms with Gasteiger partial charge in [0.15, 0.2) is 4.80 Å². The molecule has 3 aromatic rings. The van der Waals surface area contributed by atoms with Crippen LogP contribution in [0.3, 0.4) is 0 Å². The number of thiazole rings is 1. The summed E-state index contributed by atoms with van der Waals surface area (Å²) in [6.45, 7) is -0.134. The van der Waals surface area contributed by atoms with E-state index in [0.29, 0.717) is 21.4 Å². The van der Waals surface area contributed by atoms with Crippen molar-refractivity contribution in [3.05, 3.63) is 69.0 Å². The number of rotatable bonds is 7. The number of benzene rings is 2. The molecule has 8 nitrogen and oxygen atoms in total. The van der Waals surface area contributed by atoms with Gasteiger partial charge in [0.2, 0.25) is 5.91 Å². The van der Waals surface area contributed by atoms with Crippen LogP contribution in [0.1, 0.15) is 18.4 Å². The average Bonchev–Trinajstić information content (AvgIpc) is 3.04. The Bertz CT molecular complexity index is 1120. The molecule has 9 heteroatoms. The number of aryl methyl sites for hydroxylation is 1. The summed E-state index contributed by atoms with van der Waals surface area (Å²) in [7, 11) is 1.27. The maximum Gasteiger partial charge on any atom is 0.325 e. The number of amides is 1. The molecule has 0 aliphatic heterocycles. The molecule has 3 rings (SSSR count). The highest BCUT2D eigenvalue weighted by atomic mass is 32.1. The fraction of sp³-hybridized carbons (Fsp3) is 0.250. The Labute approximate surface area is 170 Å². The topological polar surface area (TPSA) is 104 Å². The monoisotopic (exact) mass is 413 g/mol. The van der Waals surface area contributed by atoms with Crippen LogP contribution in [0.2, 0.25) is 0 Å². The molecule has 1 heterocycles. The van der Waals surface area contributed by atoms with E-state index in [0.717, 1.165) is 23.3 Å². The lowest BCUT2D eigenvalue weighted by molar-refractivity contribution is -0.384. The molecule has 1 amide bonds. The van der Waals surface area contributed by atoms with Crippen LogP contribution in [0.15, 0.2) is 53.5 Å². The second-order valence-corrected chi connectivity index (χ2v) is 7.31. The second-order valence-electron chi connectivity index (χ2n) is 6.30. The number of methoxy groups -OCH3 is 1. The van der Waals surface area contributed by atoms with Crippen LogP contribution in [-0.4, -0.2) is 28.5 Å². The van der Waals surface area contributed by atoms with E-state index in [1.807, 2.05) is 30.3 Å². The number of hydrogen-bond acceptors (Lipinski definition) is 6. The molecule has 150 valence electrons. The lowest BCUT2D eigenvalue weighted by Gasteiger charge is -2.03. The number of carbonyl (C=O) groups is 2. The van der Waals surface area contributed by atoms with Gasteiger partial charge >= 0.3 is 5.97 Å². The summed E-state index contributed by atoms with van der Waals surface area (Å²) in [5.74, 6) is -0.804. The van der Waals surface area contributed by atoms with E-state index in [-0.39, 0.29) is 24.6 Å². The maximum atomic E-state index is 12.4. The number of esters is 1. The van der Waals surface area contributed by atoms with E-state index >= 15 is 0 Å². The Morgan fingerprint density at radius 2 is 1.97 bits per heavy atom. The summed E-state index contributed by atoms with van der Waals surface area (Å²) >= 11 is 1.13. The third-order valence-electron chi connectivity index (χ3n) is 4.31. The van der Waals surface area contributed by atoms with Crippen molar-refractivity contribution < 1.29 is 19.2 Å². The van der Waals surface area contributed by atoms with Crippen LogP contribution < -0.4 is 4.80 Å².